The van der Waals surface area contributed by atoms with Crippen molar-refractivity contribution in [3.05, 3.63) is 59.1 Å². The maximum absolute atomic E-state index is 12.2. The second-order valence-corrected chi connectivity index (χ2v) is 7.06. The van der Waals surface area contributed by atoms with Crippen molar-refractivity contribution in [2.45, 2.75) is 19.1 Å². The SMILES string of the molecule is Cc1ccc(NC(=O)[C@H](C)SCC(=O)Nc2ccccc2)cc1Cl. The standard InChI is InChI=1S/C18H19ClN2O2S/c1-12-8-9-15(10-16(12)19)21-18(23)13(2)24-11-17(22)20-14-6-4-3-5-7-14/h3-10,13H,11H2,1-2H3,(H,20,22)(H,21,23)/t13-/m0/s1. The number of carbonyl (C=O) groups excluding carboxylic acids is 2. The van der Waals surface area contributed by atoms with Crippen molar-refractivity contribution in [1.82, 2.24) is 0 Å². The number of nitrogens with one attached hydrogen (secondary N) is 2. The van der Waals surface area contributed by atoms with E-state index in [1.165, 1.54) is 11.8 Å². The van der Waals surface area contributed by atoms with Crippen LogP contribution in [-0.2, 0) is 9.59 Å². The number of aryl methyl sites for hydroxylation is 1. The number of hydrogen-bond acceptors (Lipinski definition) is 3. The third kappa shape index (κ3) is 5.58. The highest BCUT2D eigenvalue weighted by molar-refractivity contribution is 8.01. The first-order chi connectivity index (χ1) is 11.5. The summed E-state index contributed by atoms with van der Waals surface area (Å²) in [5.74, 6) is -0.0883. The molecule has 0 saturated carbocycles. The monoisotopic (exact) mass is 362 g/mol. The molecule has 0 aliphatic rings. The number of para-hydroxylation sites is 1. The molecule has 4 nitrogen and oxygen atoms in total. The van der Waals surface area contributed by atoms with Gasteiger partial charge >= 0.3 is 0 Å². The highest BCUT2D eigenvalue weighted by Crippen LogP contribution is 2.21. The first kappa shape index (κ1) is 18.4. The minimum atomic E-state index is -0.355. The molecule has 2 N–H and O–H groups in total. The molecule has 0 aromatic heterocycles. The van der Waals surface area contributed by atoms with Crippen LogP contribution in [0, 0.1) is 6.92 Å². The van der Waals surface area contributed by atoms with Gasteiger partial charge in [-0.3, -0.25) is 9.59 Å². The topological polar surface area (TPSA) is 58.2 Å². The van der Waals surface area contributed by atoms with Gasteiger partial charge in [-0.1, -0.05) is 35.9 Å². The van der Waals surface area contributed by atoms with E-state index in [0.29, 0.717) is 10.7 Å². The maximum Gasteiger partial charge on any atom is 0.237 e. The van der Waals surface area contributed by atoms with Crippen LogP contribution < -0.4 is 10.6 Å². The molecule has 2 rings (SSSR count). The Bertz CT molecular complexity index is 722. The van der Waals surface area contributed by atoms with Crippen LogP contribution in [0.5, 0.6) is 0 Å². The molecule has 0 bridgehead atoms. The normalized spacial score (nSPS) is 11.6. The molecule has 0 saturated heterocycles. The molecule has 0 aliphatic carbocycles. The highest BCUT2D eigenvalue weighted by atomic mass is 35.5. The van der Waals surface area contributed by atoms with Crippen molar-refractivity contribution in [3.8, 4) is 0 Å². The van der Waals surface area contributed by atoms with E-state index in [-0.39, 0.29) is 22.8 Å². The van der Waals surface area contributed by atoms with Crippen LogP contribution in [0.3, 0.4) is 0 Å². The van der Waals surface area contributed by atoms with E-state index in [4.69, 9.17) is 11.6 Å². The Hall–Kier alpha value is -1.98. The van der Waals surface area contributed by atoms with Gasteiger partial charge in [-0.05, 0) is 43.7 Å². The summed E-state index contributed by atoms with van der Waals surface area (Å²) < 4.78 is 0. The van der Waals surface area contributed by atoms with Gasteiger partial charge in [0.1, 0.15) is 0 Å². The number of benzene rings is 2. The van der Waals surface area contributed by atoms with Gasteiger partial charge in [-0.15, -0.1) is 11.8 Å². The maximum atomic E-state index is 12.2. The molecule has 0 spiro atoms. The van der Waals surface area contributed by atoms with Crippen LogP contribution in [0.15, 0.2) is 48.5 Å². The van der Waals surface area contributed by atoms with E-state index in [9.17, 15) is 9.59 Å². The summed E-state index contributed by atoms with van der Waals surface area (Å²) >= 11 is 7.33. The smallest absolute Gasteiger partial charge is 0.237 e. The zero-order valence-corrected chi connectivity index (χ0v) is 15.1. The lowest BCUT2D eigenvalue weighted by Crippen LogP contribution is -2.25. The summed E-state index contributed by atoms with van der Waals surface area (Å²) in [6.45, 7) is 3.67. The lowest BCUT2D eigenvalue weighted by Gasteiger charge is -2.12. The van der Waals surface area contributed by atoms with Gasteiger partial charge in [0, 0.05) is 16.4 Å². The predicted octanol–water partition coefficient (Wildman–Crippen LogP) is 4.35. The van der Waals surface area contributed by atoms with Gasteiger partial charge in [0.15, 0.2) is 0 Å². The minimum absolute atomic E-state index is 0.135. The van der Waals surface area contributed by atoms with Crippen molar-refractivity contribution < 1.29 is 9.59 Å². The van der Waals surface area contributed by atoms with Gasteiger partial charge in [0.2, 0.25) is 11.8 Å². The van der Waals surface area contributed by atoms with Gasteiger partial charge in [-0.2, -0.15) is 0 Å². The first-order valence-corrected chi connectivity index (χ1v) is 8.92. The Morgan fingerprint density at radius 3 is 2.46 bits per heavy atom. The number of amides is 2. The van der Waals surface area contributed by atoms with Crippen LogP contribution >= 0.6 is 23.4 Å². The van der Waals surface area contributed by atoms with Gasteiger partial charge in [-0.25, -0.2) is 0 Å². The Balaban J connectivity index is 1.80. The Morgan fingerprint density at radius 1 is 1.08 bits per heavy atom. The Kier molecular flexibility index (Phi) is 6.70. The summed E-state index contributed by atoms with van der Waals surface area (Å²) in [7, 11) is 0. The second-order valence-electron chi connectivity index (χ2n) is 5.32. The number of hydrogen-bond donors (Lipinski definition) is 2. The minimum Gasteiger partial charge on any atom is -0.325 e. The van der Waals surface area contributed by atoms with E-state index < -0.39 is 0 Å². The lowest BCUT2D eigenvalue weighted by atomic mass is 10.2. The van der Waals surface area contributed by atoms with Crippen molar-refractivity contribution in [2.24, 2.45) is 0 Å². The van der Waals surface area contributed by atoms with E-state index in [2.05, 4.69) is 10.6 Å². The summed E-state index contributed by atoms with van der Waals surface area (Å²) in [5, 5.41) is 5.85. The molecule has 2 aromatic rings. The molecule has 0 unspecified atom stereocenters. The summed E-state index contributed by atoms with van der Waals surface area (Å²) in [4.78, 5) is 24.1. The average molecular weight is 363 g/mol. The predicted molar refractivity (Wildman–Crippen MR) is 102 cm³/mol. The molecule has 1 atom stereocenters. The van der Waals surface area contributed by atoms with Crippen LogP contribution in [0.1, 0.15) is 12.5 Å². The molecular formula is C18H19ClN2O2S. The van der Waals surface area contributed by atoms with Gasteiger partial charge in [0.05, 0.1) is 11.0 Å². The number of rotatable bonds is 6. The summed E-state index contributed by atoms with van der Waals surface area (Å²) in [5.41, 5.74) is 2.35. The van der Waals surface area contributed by atoms with E-state index >= 15 is 0 Å². The van der Waals surface area contributed by atoms with Gasteiger partial charge < -0.3 is 10.6 Å². The summed E-state index contributed by atoms with van der Waals surface area (Å²) in [6.07, 6.45) is 0. The van der Waals surface area contributed by atoms with Crippen molar-refractivity contribution in [2.75, 3.05) is 16.4 Å². The quantitative estimate of drug-likeness (QED) is 0.803. The Morgan fingerprint density at radius 2 is 1.79 bits per heavy atom. The molecule has 2 aromatic carbocycles. The fourth-order valence-electron chi connectivity index (χ4n) is 1.91. The number of halogens is 1. The molecule has 2 amide bonds. The van der Waals surface area contributed by atoms with E-state index in [1.807, 2.05) is 43.3 Å². The fraction of sp³-hybridized carbons (Fsp3) is 0.222. The highest BCUT2D eigenvalue weighted by Gasteiger charge is 2.15. The average Bonchev–Trinajstić information content (AvgIpc) is 2.57. The van der Waals surface area contributed by atoms with E-state index in [0.717, 1.165) is 11.3 Å². The molecule has 0 aliphatic heterocycles. The summed E-state index contributed by atoms with van der Waals surface area (Å²) in [6, 6.07) is 14.6. The first-order valence-electron chi connectivity index (χ1n) is 7.49. The number of carbonyl (C=O) groups is 2. The lowest BCUT2D eigenvalue weighted by molar-refractivity contribution is -0.115. The van der Waals surface area contributed by atoms with E-state index in [1.54, 1.807) is 19.1 Å². The molecule has 0 heterocycles. The Labute approximate surface area is 151 Å². The van der Waals surface area contributed by atoms with Crippen molar-refractivity contribution >= 4 is 46.6 Å². The zero-order chi connectivity index (χ0) is 17.5. The van der Waals surface area contributed by atoms with Crippen LogP contribution in [0.25, 0.3) is 0 Å². The molecular weight excluding hydrogens is 344 g/mol. The van der Waals surface area contributed by atoms with Crippen molar-refractivity contribution in [1.29, 1.82) is 0 Å². The van der Waals surface area contributed by atoms with Crippen LogP contribution in [0.2, 0.25) is 5.02 Å². The molecule has 126 valence electrons. The second kappa shape index (κ2) is 8.76. The third-order valence-corrected chi connectivity index (χ3v) is 4.88. The largest absolute Gasteiger partial charge is 0.325 e. The molecule has 6 heteroatoms. The van der Waals surface area contributed by atoms with Gasteiger partial charge in [0.25, 0.3) is 0 Å². The molecule has 24 heavy (non-hydrogen) atoms. The third-order valence-electron chi connectivity index (χ3n) is 3.33. The van der Waals surface area contributed by atoms with Crippen LogP contribution in [0.4, 0.5) is 11.4 Å². The number of anilines is 2. The fourth-order valence-corrected chi connectivity index (χ4v) is 2.77. The van der Waals surface area contributed by atoms with Crippen molar-refractivity contribution in [3.63, 3.8) is 0 Å². The zero-order valence-electron chi connectivity index (χ0n) is 13.5. The molecule has 0 fully saturated rings. The van der Waals surface area contributed by atoms with Crippen LogP contribution in [-0.4, -0.2) is 22.8 Å². The number of thioether (sulfide) groups is 1. The molecule has 0 radical (unpaired) electrons.